The van der Waals surface area contributed by atoms with Crippen LogP contribution in [0.2, 0.25) is 5.02 Å². The average molecular weight is 574 g/mol. The highest BCUT2D eigenvalue weighted by Gasteiger charge is 2.34. The van der Waals surface area contributed by atoms with Gasteiger partial charge in [0.15, 0.2) is 0 Å². The second-order valence-electron chi connectivity index (χ2n) is 9.16. The molecule has 0 aliphatic rings. The quantitative estimate of drug-likeness (QED) is 0.314. The molecule has 10 heteroatoms. The number of para-hydroxylation sites is 1. The Morgan fingerprint density at radius 3 is 2.13 bits per heavy atom. The van der Waals surface area contributed by atoms with E-state index < -0.39 is 34.3 Å². The van der Waals surface area contributed by atoms with Crippen molar-refractivity contribution in [1.82, 2.24) is 10.2 Å². The van der Waals surface area contributed by atoms with Gasteiger partial charge >= 0.3 is 0 Å². The maximum atomic E-state index is 14.0. The zero-order chi connectivity index (χ0) is 28.6. The molecule has 0 heterocycles. The van der Waals surface area contributed by atoms with Gasteiger partial charge in [-0.2, -0.15) is 0 Å². The number of benzene rings is 3. The Morgan fingerprint density at radius 1 is 0.923 bits per heavy atom. The molecule has 0 radical (unpaired) electrons. The van der Waals surface area contributed by atoms with Crippen molar-refractivity contribution in [3.63, 3.8) is 0 Å². The molecule has 0 bridgehead atoms. The van der Waals surface area contributed by atoms with Crippen molar-refractivity contribution in [3.05, 3.63) is 95.3 Å². The number of carbonyl (C=O) groups excluding carboxylic acids is 2. The molecule has 0 aliphatic carbocycles. The molecular formula is C29H33ClFN3O4S. The van der Waals surface area contributed by atoms with Gasteiger partial charge in [0.1, 0.15) is 18.4 Å². The minimum atomic E-state index is -4.26. The SMILES string of the molecule is CC[C@@H](C)NC(=O)[C@H](CC)N(Cc1ccccc1Cl)C(=O)CN(c1ccccc1)S(=O)(=O)c1ccc(F)cc1. The van der Waals surface area contributed by atoms with E-state index >= 15 is 0 Å². The minimum Gasteiger partial charge on any atom is -0.352 e. The van der Waals surface area contributed by atoms with E-state index in [2.05, 4.69) is 5.32 Å². The minimum absolute atomic E-state index is 0.00413. The third-order valence-corrected chi connectivity index (χ3v) is 8.57. The van der Waals surface area contributed by atoms with Gasteiger partial charge in [0.2, 0.25) is 11.8 Å². The summed E-state index contributed by atoms with van der Waals surface area (Å²) in [5.41, 5.74) is 0.875. The lowest BCUT2D eigenvalue weighted by Crippen LogP contribution is -2.53. The van der Waals surface area contributed by atoms with Crippen LogP contribution in [-0.4, -0.2) is 43.8 Å². The zero-order valence-corrected chi connectivity index (χ0v) is 23.8. The number of amides is 2. The van der Waals surface area contributed by atoms with Gasteiger partial charge in [-0.25, -0.2) is 12.8 Å². The first-order valence-corrected chi connectivity index (χ1v) is 14.6. The maximum Gasteiger partial charge on any atom is 0.264 e. The van der Waals surface area contributed by atoms with Gasteiger partial charge in [0.05, 0.1) is 10.6 Å². The summed E-state index contributed by atoms with van der Waals surface area (Å²) in [6.07, 6.45) is 1.01. The summed E-state index contributed by atoms with van der Waals surface area (Å²) in [4.78, 5) is 28.4. The van der Waals surface area contributed by atoms with E-state index in [1.54, 1.807) is 61.5 Å². The van der Waals surface area contributed by atoms with Crippen molar-refractivity contribution in [1.29, 1.82) is 0 Å². The second kappa shape index (κ2) is 13.6. The van der Waals surface area contributed by atoms with Crippen molar-refractivity contribution in [3.8, 4) is 0 Å². The van der Waals surface area contributed by atoms with E-state index in [4.69, 9.17) is 11.6 Å². The van der Waals surface area contributed by atoms with Gasteiger partial charge in [0, 0.05) is 17.6 Å². The van der Waals surface area contributed by atoms with Crippen LogP contribution in [-0.2, 0) is 26.2 Å². The van der Waals surface area contributed by atoms with Crippen LogP contribution in [0, 0.1) is 5.82 Å². The first-order chi connectivity index (χ1) is 18.6. The van der Waals surface area contributed by atoms with Gasteiger partial charge in [-0.15, -0.1) is 0 Å². The van der Waals surface area contributed by atoms with Crippen LogP contribution in [0.25, 0.3) is 0 Å². The van der Waals surface area contributed by atoms with Gasteiger partial charge in [-0.05, 0) is 67.8 Å². The van der Waals surface area contributed by atoms with Crippen LogP contribution < -0.4 is 9.62 Å². The number of hydrogen-bond donors (Lipinski definition) is 1. The normalized spacial score (nSPS) is 12.8. The fourth-order valence-corrected chi connectivity index (χ4v) is 5.64. The Bertz CT molecular complexity index is 1370. The highest BCUT2D eigenvalue weighted by molar-refractivity contribution is 7.92. The van der Waals surface area contributed by atoms with Crippen LogP contribution >= 0.6 is 11.6 Å². The zero-order valence-electron chi connectivity index (χ0n) is 22.2. The number of hydrogen-bond acceptors (Lipinski definition) is 4. The number of rotatable bonds is 12. The molecule has 0 fully saturated rings. The first-order valence-electron chi connectivity index (χ1n) is 12.7. The molecule has 2 atom stereocenters. The Kier molecular flexibility index (Phi) is 10.5. The van der Waals surface area contributed by atoms with Crippen LogP contribution in [0.3, 0.4) is 0 Å². The smallest absolute Gasteiger partial charge is 0.264 e. The molecule has 0 saturated heterocycles. The number of nitrogens with one attached hydrogen (secondary N) is 1. The Hall–Kier alpha value is -3.43. The van der Waals surface area contributed by atoms with Crippen LogP contribution in [0.1, 0.15) is 39.2 Å². The van der Waals surface area contributed by atoms with Crippen molar-refractivity contribution in [2.75, 3.05) is 10.8 Å². The molecular weight excluding hydrogens is 541 g/mol. The Labute approximate surface area is 234 Å². The third kappa shape index (κ3) is 7.58. The van der Waals surface area contributed by atoms with Gasteiger partial charge in [-0.3, -0.25) is 13.9 Å². The number of anilines is 1. The summed E-state index contributed by atoms with van der Waals surface area (Å²) in [5.74, 6) is -1.50. The number of sulfonamides is 1. The lowest BCUT2D eigenvalue weighted by Gasteiger charge is -2.34. The summed E-state index contributed by atoms with van der Waals surface area (Å²) in [6, 6.07) is 18.6. The molecule has 2 amide bonds. The molecule has 0 unspecified atom stereocenters. The lowest BCUT2D eigenvalue weighted by atomic mass is 10.1. The highest BCUT2D eigenvalue weighted by atomic mass is 35.5. The second-order valence-corrected chi connectivity index (χ2v) is 11.4. The molecule has 208 valence electrons. The van der Waals surface area contributed by atoms with Gasteiger partial charge in [0.25, 0.3) is 10.0 Å². The summed E-state index contributed by atoms with van der Waals surface area (Å²) in [7, 11) is -4.26. The van der Waals surface area contributed by atoms with Crippen LogP contribution in [0.4, 0.5) is 10.1 Å². The number of nitrogens with zero attached hydrogens (tertiary/aromatic N) is 2. The van der Waals surface area contributed by atoms with E-state index in [1.807, 2.05) is 13.8 Å². The van der Waals surface area contributed by atoms with Crippen molar-refractivity contribution < 1.29 is 22.4 Å². The lowest BCUT2D eigenvalue weighted by molar-refractivity contribution is -0.140. The highest BCUT2D eigenvalue weighted by Crippen LogP contribution is 2.26. The molecule has 0 aliphatic heterocycles. The summed E-state index contributed by atoms with van der Waals surface area (Å²) < 4.78 is 41.9. The van der Waals surface area contributed by atoms with Gasteiger partial charge in [-0.1, -0.05) is 61.8 Å². The molecule has 3 rings (SSSR count). The van der Waals surface area contributed by atoms with E-state index in [0.29, 0.717) is 23.4 Å². The van der Waals surface area contributed by atoms with Crippen LogP contribution in [0.15, 0.2) is 83.8 Å². The number of halogens is 2. The summed E-state index contributed by atoms with van der Waals surface area (Å²) >= 11 is 6.40. The summed E-state index contributed by atoms with van der Waals surface area (Å²) in [5, 5.41) is 3.35. The van der Waals surface area contributed by atoms with Crippen molar-refractivity contribution >= 4 is 39.1 Å². The van der Waals surface area contributed by atoms with Crippen molar-refractivity contribution in [2.24, 2.45) is 0 Å². The predicted molar refractivity (Wildman–Crippen MR) is 151 cm³/mol. The standard InChI is InChI=1S/C29H33ClFN3O4S/c1-4-21(3)32-29(36)27(5-2)33(19-22-11-9-10-14-26(22)30)28(35)20-34(24-12-7-6-8-13-24)39(37,38)25-17-15-23(31)16-18-25/h6-18,21,27H,4-5,19-20H2,1-3H3,(H,32,36)/t21-,27+/m1/s1. The fraction of sp³-hybridized carbons (Fsp3) is 0.310. The fourth-order valence-electron chi connectivity index (χ4n) is 4.03. The van der Waals surface area contributed by atoms with Gasteiger partial charge < -0.3 is 10.2 Å². The molecule has 0 saturated carbocycles. The van der Waals surface area contributed by atoms with Crippen LogP contribution in [0.5, 0.6) is 0 Å². The molecule has 7 nitrogen and oxygen atoms in total. The maximum absolute atomic E-state index is 14.0. The van der Waals surface area contributed by atoms with Crippen molar-refractivity contribution in [2.45, 2.75) is 57.1 Å². The third-order valence-electron chi connectivity index (χ3n) is 6.41. The molecule has 39 heavy (non-hydrogen) atoms. The summed E-state index contributed by atoms with van der Waals surface area (Å²) in [6.45, 7) is 5.03. The molecule has 0 spiro atoms. The first kappa shape index (κ1) is 30.1. The average Bonchev–Trinajstić information content (AvgIpc) is 2.93. The molecule has 3 aromatic carbocycles. The van der Waals surface area contributed by atoms with E-state index in [9.17, 15) is 22.4 Å². The molecule has 3 aromatic rings. The molecule has 0 aromatic heterocycles. The molecule has 1 N–H and O–H groups in total. The predicted octanol–water partition coefficient (Wildman–Crippen LogP) is 5.40. The van der Waals surface area contributed by atoms with E-state index in [0.717, 1.165) is 28.6 Å². The largest absolute Gasteiger partial charge is 0.352 e. The number of carbonyl (C=O) groups is 2. The van der Waals surface area contributed by atoms with E-state index in [-0.39, 0.29) is 29.1 Å². The topological polar surface area (TPSA) is 86.8 Å². The monoisotopic (exact) mass is 573 g/mol. The van der Waals surface area contributed by atoms with E-state index in [1.165, 1.54) is 4.90 Å². The Morgan fingerprint density at radius 2 is 1.54 bits per heavy atom. The Balaban J connectivity index is 2.04.